The molecule has 0 saturated carbocycles. The number of hydrogen-bond donors (Lipinski definition) is 2. The Labute approximate surface area is 141 Å². The van der Waals surface area contributed by atoms with E-state index < -0.39 is 17.2 Å². The van der Waals surface area contributed by atoms with Crippen molar-refractivity contribution in [2.24, 2.45) is 5.92 Å². The van der Waals surface area contributed by atoms with Gasteiger partial charge in [-0.2, -0.15) is 0 Å². The van der Waals surface area contributed by atoms with Crippen LogP contribution in [0.3, 0.4) is 0 Å². The summed E-state index contributed by atoms with van der Waals surface area (Å²) in [7, 11) is 0. The van der Waals surface area contributed by atoms with E-state index in [9.17, 15) is 19.9 Å². The summed E-state index contributed by atoms with van der Waals surface area (Å²) in [5.41, 5.74) is 1.07. The lowest BCUT2D eigenvalue weighted by Gasteiger charge is -2.22. The zero-order valence-electron chi connectivity index (χ0n) is 14.5. The molecule has 0 spiro atoms. The molecule has 1 aliphatic rings. The van der Waals surface area contributed by atoms with Gasteiger partial charge in [0.1, 0.15) is 5.75 Å². The highest BCUT2D eigenvalue weighted by molar-refractivity contribution is 6.35. The first-order valence-electron chi connectivity index (χ1n) is 7.88. The largest absolute Gasteiger partial charge is 0.508 e. The SMILES string of the molecule is C=CC(C)(C)c1ccc(C2=C(CC(C)C)C(=O)N(O)C2=O)cc1O. The van der Waals surface area contributed by atoms with Gasteiger partial charge in [-0.15, -0.1) is 11.6 Å². The molecule has 1 aliphatic heterocycles. The quantitative estimate of drug-likeness (QED) is 0.493. The summed E-state index contributed by atoms with van der Waals surface area (Å²) < 4.78 is 0. The van der Waals surface area contributed by atoms with Crippen LogP contribution in [0.4, 0.5) is 0 Å². The summed E-state index contributed by atoms with van der Waals surface area (Å²) in [6.45, 7) is 11.4. The molecule has 5 heteroatoms. The molecule has 0 aliphatic carbocycles. The maximum absolute atomic E-state index is 12.3. The summed E-state index contributed by atoms with van der Waals surface area (Å²) >= 11 is 0. The zero-order chi connectivity index (χ0) is 18.2. The van der Waals surface area contributed by atoms with E-state index in [1.54, 1.807) is 18.2 Å². The summed E-state index contributed by atoms with van der Waals surface area (Å²) in [6, 6.07) is 4.85. The number of aromatic hydroxyl groups is 1. The standard InChI is InChI=1S/C19H23NO4/c1-6-19(4,5)14-8-7-12(10-15(14)21)16-13(9-11(2)3)17(22)20(24)18(16)23/h6-8,10-11,21,24H,1,9H2,2-5H3. The highest BCUT2D eigenvalue weighted by Crippen LogP contribution is 2.37. The van der Waals surface area contributed by atoms with Crippen LogP contribution < -0.4 is 0 Å². The number of benzene rings is 1. The number of rotatable bonds is 5. The van der Waals surface area contributed by atoms with E-state index in [1.165, 1.54) is 6.07 Å². The highest BCUT2D eigenvalue weighted by Gasteiger charge is 2.38. The Bertz CT molecular complexity index is 744. The second-order valence-electron chi connectivity index (χ2n) is 7.03. The van der Waals surface area contributed by atoms with E-state index in [1.807, 2.05) is 27.7 Å². The fourth-order valence-electron chi connectivity index (χ4n) is 2.80. The summed E-state index contributed by atoms with van der Waals surface area (Å²) in [5, 5.41) is 20.2. The predicted molar refractivity (Wildman–Crippen MR) is 91.3 cm³/mol. The number of phenols is 1. The molecule has 2 N–H and O–H groups in total. The number of carbonyl (C=O) groups is 2. The number of allylic oxidation sites excluding steroid dienone is 1. The Morgan fingerprint density at radius 1 is 1.25 bits per heavy atom. The number of imide groups is 1. The van der Waals surface area contributed by atoms with Gasteiger partial charge in [-0.25, -0.2) is 0 Å². The van der Waals surface area contributed by atoms with Crippen LogP contribution in [0, 0.1) is 5.92 Å². The maximum atomic E-state index is 12.3. The fraction of sp³-hybridized carbons (Fsp3) is 0.368. The zero-order valence-corrected chi connectivity index (χ0v) is 14.5. The summed E-state index contributed by atoms with van der Waals surface area (Å²) in [5.74, 6) is -1.29. The Kier molecular flexibility index (Phi) is 4.67. The van der Waals surface area contributed by atoms with E-state index in [0.717, 1.165) is 0 Å². The lowest BCUT2D eigenvalue weighted by Crippen LogP contribution is -2.27. The van der Waals surface area contributed by atoms with Gasteiger partial charge in [0.05, 0.1) is 5.57 Å². The first-order chi connectivity index (χ1) is 11.1. The van der Waals surface area contributed by atoms with Crippen molar-refractivity contribution in [3.05, 3.63) is 47.6 Å². The summed E-state index contributed by atoms with van der Waals surface area (Å²) in [6.07, 6.45) is 2.10. The number of amides is 2. The van der Waals surface area contributed by atoms with Crippen molar-refractivity contribution in [2.45, 2.75) is 39.5 Å². The number of carbonyl (C=O) groups excluding carboxylic acids is 2. The van der Waals surface area contributed by atoms with Crippen molar-refractivity contribution < 1.29 is 19.9 Å². The van der Waals surface area contributed by atoms with Gasteiger partial charge in [0.2, 0.25) is 0 Å². The van der Waals surface area contributed by atoms with E-state index in [-0.39, 0.29) is 27.9 Å². The van der Waals surface area contributed by atoms with E-state index in [2.05, 4.69) is 6.58 Å². The fourth-order valence-corrected chi connectivity index (χ4v) is 2.80. The second-order valence-corrected chi connectivity index (χ2v) is 7.03. The molecule has 0 aromatic heterocycles. The molecule has 0 saturated heterocycles. The smallest absolute Gasteiger partial charge is 0.285 e. The topological polar surface area (TPSA) is 77.8 Å². The van der Waals surface area contributed by atoms with E-state index in [0.29, 0.717) is 17.5 Å². The molecule has 2 amide bonds. The van der Waals surface area contributed by atoms with Crippen LogP contribution in [0.25, 0.3) is 5.57 Å². The normalized spacial score (nSPS) is 15.7. The van der Waals surface area contributed by atoms with Gasteiger partial charge in [0, 0.05) is 16.6 Å². The molecule has 0 radical (unpaired) electrons. The summed E-state index contributed by atoms with van der Waals surface area (Å²) in [4.78, 5) is 24.4. The molecule has 0 atom stereocenters. The Balaban J connectivity index is 2.58. The van der Waals surface area contributed by atoms with Gasteiger partial charge in [-0.1, -0.05) is 45.9 Å². The van der Waals surface area contributed by atoms with Crippen LogP contribution in [0.1, 0.15) is 45.2 Å². The third kappa shape index (κ3) is 2.99. The van der Waals surface area contributed by atoms with Crippen molar-refractivity contribution >= 4 is 17.4 Å². The number of phenolic OH excluding ortho intramolecular Hbond substituents is 1. The Hall–Kier alpha value is -2.40. The molecule has 128 valence electrons. The van der Waals surface area contributed by atoms with Crippen LogP contribution in [0.2, 0.25) is 0 Å². The predicted octanol–water partition coefficient (Wildman–Crippen LogP) is 3.41. The van der Waals surface area contributed by atoms with Crippen LogP contribution in [-0.4, -0.2) is 27.2 Å². The van der Waals surface area contributed by atoms with Gasteiger partial charge in [-0.05, 0) is 24.0 Å². The lowest BCUT2D eigenvalue weighted by atomic mass is 9.83. The first kappa shape index (κ1) is 17.9. The molecule has 5 nitrogen and oxygen atoms in total. The third-order valence-electron chi connectivity index (χ3n) is 4.26. The average Bonchev–Trinajstić information content (AvgIpc) is 2.71. The van der Waals surface area contributed by atoms with Gasteiger partial charge in [0.25, 0.3) is 11.8 Å². The Morgan fingerprint density at radius 3 is 2.38 bits per heavy atom. The van der Waals surface area contributed by atoms with Crippen molar-refractivity contribution in [3.8, 4) is 5.75 Å². The molecule has 1 aromatic rings. The van der Waals surface area contributed by atoms with Crippen molar-refractivity contribution in [1.82, 2.24) is 5.06 Å². The average molecular weight is 329 g/mol. The van der Waals surface area contributed by atoms with Crippen molar-refractivity contribution in [1.29, 1.82) is 0 Å². The molecular formula is C19H23NO4. The van der Waals surface area contributed by atoms with E-state index >= 15 is 0 Å². The number of hydrogen-bond acceptors (Lipinski definition) is 4. The van der Waals surface area contributed by atoms with Crippen LogP contribution in [0.5, 0.6) is 5.75 Å². The van der Waals surface area contributed by atoms with Gasteiger partial charge >= 0.3 is 0 Å². The monoisotopic (exact) mass is 329 g/mol. The van der Waals surface area contributed by atoms with Crippen LogP contribution >= 0.6 is 0 Å². The third-order valence-corrected chi connectivity index (χ3v) is 4.26. The Morgan fingerprint density at radius 2 is 1.88 bits per heavy atom. The molecular weight excluding hydrogens is 306 g/mol. The van der Waals surface area contributed by atoms with Crippen LogP contribution in [-0.2, 0) is 15.0 Å². The molecule has 2 rings (SSSR count). The minimum atomic E-state index is -0.759. The van der Waals surface area contributed by atoms with Gasteiger partial charge in [-0.3, -0.25) is 14.8 Å². The molecule has 0 bridgehead atoms. The van der Waals surface area contributed by atoms with E-state index in [4.69, 9.17) is 0 Å². The first-order valence-corrected chi connectivity index (χ1v) is 7.88. The van der Waals surface area contributed by atoms with Crippen molar-refractivity contribution in [2.75, 3.05) is 0 Å². The molecule has 1 aromatic carbocycles. The molecule has 1 heterocycles. The molecule has 0 unspecified atom stereocenters. The number of hydroxylamine groups is 2. The number of nitrogens with zero attached hydrogens (tertiary/aromatic N) is 1. The van der Waals surface area contributed by atoms with Crippen molar-refractivity contribution in [3.63, 3.8) is 0 Å². The minimum absolute atomic E-state index is 0.0189. The molecule has 0 fully saturated rings. The van der Waals surface area contributed by atoms with Gasteiger partial charge < -0.3 is 5.11 Å². The second kappa shape index (κ2) is 6.24. The van der Waals surface area contributed by atoms with Gasteiger partial charge in [0.15, 0.2) is 0 Å². The highest BCUT2D eigenvalue weighted by atomic mass is 16.5. The minimum Gasteiger partial charge on any atom is -0.508 e. The van der Waals surface area contributed by atoms with Crippen LogP contribution in [0.15, 0.2) is 36.4 Å². The molecule has 24 heavy (non-hydrogen) atoms. The lowest BCUT2D eigenvalue weighted by molar-refractivity contribution is -0.169. The maximum Gasteiger partial charge on any atom is 0.285 e.